The number of nitrogens with zero attached hydrogens (tertiary/aromatic N) is 1. The lowest BCUT2D eigenvalue weighted by molar-refractivity contribution is 0.552. The van der Waals surface area contributed by atoms with Crippen LogP contribution >= 0.6 is 0 Å². The molecular weight excluding hydrogens is 224 g/mol. The molecule has 0 spiro atoms. The third kappa shape index (κ3) is 2.59. The summed E-state index contributed by atoms with van der Waals surface area (Å²) < 4.78 is 26.6. The molecule has 88 valence electrons. The molecule has 0 saturated heterocycles. The summed E-state index contributed by atoms with van der Waals surface area (Å²) in [6.07, 6.45) is 5.52. The van der Waals surface area contributed by atoms with Crippen LogP contribution in [0.25, 0.3) is 0 Å². The van der Waals surface area contributed by atoms with Gasteiger partial charge in [-0.25, -0.2) is 13.1 Å². The summed E-state index contributed by atoms with van der Waals surface area (Å²) in [5.41, 5.74) is 0.819. The maximum Gasteiger partial charge on any atom is 0.242 e. The highest BCUT2D eigenvalue weighted by Gasteiger charge is 2.22. The fourth-order valence-electron chi connectivity index (χ4n) is 1.94. The molecule has 1 saturated carbocycles. The number of hydrogen-bond donors (Lipinski definition) is 1. The van der Waals surface area contributed by atoms with E-state index in [4.69, 9.17) is 0 Å². The fraction of sp³-hybridized carbons (Fsp3) is 0.545. The van der Waals surface area contributed by atoms with Crippen LogP contribution in [0.5, 0.6) is 0 Å². The van der Waals surface area contributed by atoms with E-state index >= 15 is 0 Å². The Balaban J connectivity index is 2.14. The van der Waals surface area contributed by atoms with Crippen LogP contribution in [0.1, 0.15) is 31.4 Å². The first-order valence-electron chi connectivity index (χ1n) is 5.53. The van der Waals surface area contributed by atoms with Crippen molar-refractivity contribution in [3.63, 3.8) is 0 Å². The summed E-state index contributed by atoms with van der Waals surface area (Å²) in [6.45, 7) is 1.83. The molecule has 0 radical (unpaired) electrons. The van der Waals surface area contributed by atoms with Crippen molar-refractivity contribution < 1.29 is 8.42 Å². The Morgan fingerprint density at radius 3 is 2.56 bits per heavy atom. The van der Waals surface area contributed by atoms with Crippen LogP contribution in [0.3, 0.4) is 0 Å². The molecule has 1 aromatic rings. The van der Waals surface area contributed by atoms with E-state index in [0.29, 0.717) is 0 Å². The SMILES string of the molecule is Cc1ccc(S(=O)(=O)NC2CCCC2)cn1. The predicted octanol–water partition coefficient (Wildman–Crippen LogP) is 1.61. The minimum atomic E-state index is -3.37. The maximum atomic E-state index is 11.9. The second kappa shape index (κ2) is 4.51. The average molecular weight is 240 g/mol. The van der Waals surface area contributed by atoms with Crippen molar-refractivity contribution in [2.45, 2.75) is 43.5 Å². The van der Waals surface area contributed by atoms with Crippen molar-refractivity contribution >= 4 is 10.0 Å². The fourth-order valence-corrected chi connectivity index (χ4v) is 3.19. The first-order chi connectivity index (χ1) is 7.58. The van der Waals surface area contributed by atoms with E-state index < -0.39 is 10.0 Å². The molecule has 0 bridgehead atoms. The second-order valence-electron chi connectivity index (χ2n) is 4.24. The molecular formula is C11H16N2O2S. The molecule has 16 heavy (non-hydrogen) atoms. The van der Waals surface area contributed by atoms with Gasteiger partial charge in [0.1, 0.15) is 4.90 Å². The summed E-state index contributed by atoms with van der Waals surface area (Å²) in [4.78, 5) is 4.26. The summed E-state index contributed by atoms with van der Waals surface area (Å²) in [7, 11) is -3.37. The molecule has 0 atom stereocenters. The lowest BCUT2D eigenvalue weighted by atomic mass is 10.3. The number of sulfonamides is 1. The monoisotopic (exact) mass is 240 g/mol. The zero-order valence-corrected chi connectivity index (χ0v) is 10.1. The van der Waals surface area contributed by atoms with E-state index in [2.05, 4.69) is 9.71 Å². The minimum absolute atomic E-state index is 0.103. The molecule has 1 N–H and O–H groups in total. The number of aryl methyl sites for hydroxylation is 1. The Hall–Kier alpha value is -0.940. The van der Waals surface area contributed by atoms with E-state index in [-0.39, 0.29) is 10.9 Å². The van der Waals surface area contributed by atoms with Gasteiger partial charge in [-0.05, 0) is 31.9 Å². The normalized spacial score (nSPS) is 17.8. The molecule has 1 fully saturated rings. The van der Waals surface area contributed by atoms with Crippen molar-refractivity contribution in [3.05, 3.63) is 24.0 Å². The van der Waals surface area contributed by atoms with Gasteiger partial charge in [-0.1, -0.05) is 12.8 Å². The van der Waals surface area contributed by atoms with E-state index in [9.17, 15) is 8.42 Å². The molecule has 2 rings (SSSR count). The predicted molar refractivity (Wildman–Crippen MR) is 61.6 cm³/mol. The van der Waals surface area contributed by atoms with Gasteiger partial charge in [0.05, 0.1) is 0 Å². The molecule has 5 heteroatoms. The van der Waals surface area contributed by atoms with Crippen LogP contribution in [0.15, 0.2) is 23.2 Å². The zero-order chi connectivity index (χ0) is 11.6. The van der Waals surface area contributed by atoms with Gasteiger partial charge in [0, 0.05) is 17.9 Å². The van der Waals surface area contributed by atoms with Crippen molar-refractivity contribution in [1.82, 2.24) is 9.71 Å². The largest absolute Gasteiger partial charge is 0.260 e. The topological polar surface area (TPSA) is 59.1 Å². The van der Waals surface area contributed by atoms with Gasteiger partial charge in [0.15, 0.2) is 0 Å². The van der Waals surface area contributed by atoms with Gasteiger partial charge >= 0.3 is 0 Å². The summed E-state index contributed by atoms with van der Waals surface area (Å²) in [6, 6.07) is 3.41. The number of aromatic nitrogens is 1. The van der Waals surface area contributed by atoms with Crippen molar-refractivity contribution in [2.75, 3.05) is 0 Å². The Bertz CT molecular complexity index is 447. The summed E-state index contributed by atoms with van der Waals surface area (Å²) in [5, 5.41) is 0. The van der Waals surface area contributed by atoms with E-state index in [1.54, 1.807) is 12.1 Å². The third-order valence-corrected chi connectivity index (χ3v) is 4.38. The lowest BCUT2D eigenvalue weighted by Crippen LogP contribution is -2.32. The molecule has 1 aromatic heterocycles. The van der Waals surface area contributed by atoms with Gasteiger partial charge < -0.3 is 0 Å². The number of nitrogens with one attached hydrogen (secondary N) is 1. The molecule has 0 unspecified atom stereocenters. The van der Waals surface area contributed by atoms with Crippen LogP contribution < -0.4 is 4.72 Å². The maximum absolute atomic E-state index is 11.9. The van der Waals surface area contributed by atoms with Crippen LogP contribution in [0, 0.1) is 6.92 Å². The van der Waals surface area contributed by atoms with Crippen LogP contribution in [0.2, 0.25) is 0 Å². The first kappa shape index (κ1) is 11.5. The third-order valence-electron chi connectivity index (χ3n) is 2.87. The molecule has 1 aliphatic carbocycles. The first-order valence-corrected chi connectivity index (χ1v) is 7.01. The van der Waals surface area contributed by atoms with Gasteiger partial charge in [-0.15, -0.1) is 0 Å². The quantitative estimate of drug-likeness (QED) is 0.873. The smallest absolute Gasteiger partial charge is 0.242 e. The number of hydrogen-bond acceptors (Lipinski definition) is 3. The molecule has 1 heterocycles. The van der Waals surface area contributed by atoms with Gasteiger partial charge in [0.25, 0.3) is 0 Å². The number of pyridine rings is 1. The van der Waals surface area contributed by atoms with Crippen molar-refractivity contribution in [2.24, 2.45) is 0 Å². The zero-order valence-electron chi connectivity index (χ0n) is 9.31. The Morgan fingerprint density at radius 1 is 1.31 bits per heavy atom. The highest BCUT2D eigenvalue weighted by atomic mass is 32.2. The Labute approximate surface area is 96.1 Å². The van der Waals surface area contributed by atoms with Gasteiger partial charge in [-0.3, -0.25) is 4.98 Å². The number of rotatable bonds is 3. The van der Waals surface area contributed by atoms with Crippen LogP contribution in [0.4, 0.5) is 0 Å². The van der Waals surface area contributed by atoms with Gasteiger partial charge in [0.2, 0.25) is 10.0 Å². The highest BCUT2D eigenvalue weighted by molar-refractivity contribution is 7.89. The van der Waals surface area contributed by atoms with Crippen molar-refractivity contribution in [3.8, 4) is 0 Å². The Morgan fingerprint density at radius 2 is 2.00 bits per heavy atom. The van der Waals surface area contributed by atoms with E-state index in [1.807, 2.05) is 6.92 Å². The van der Waals surface area contributed by atoms with E-state index in [1.165, 1.54) is 6.20 Å². The second-order valence-corrected chi connectivity index (χ2v) is 5.95. The molecule has 1 aliphatic rings. The summed E-state index contributed by atoms with van der Waals surface area (Å²) in [5.74, 6) is 0. The summed E-state index contributed by atoms with van der Waals surface area (Å²) >= 11 is 0. The lowest BCUT2D eigenvalue weighted by Gasteiger charge is -2.12. The van der Waals surface area contributed by atoms with Crippen LogP contribution in [-0.4, -0.2) is 19.4 Å². The molecule has 4 nitrogen and oxygen atoms in total. The highest BCUT2D eigenvalue weighted by Crippen LogP contribution is 2.20. The molecule has 0 aromatic carbocycles. The Kier molecular flexibility index (Phi) is 3.25. The van der Waals surface area contributed by atoms with Crippen LogP contribution in [-0.2, 0) is 10.0 Å². The molecule has 0 amide bonds. The van der Waals surface area contributed by atoms with Gasteiger partial charge in [-0.2, -0.15) is 0 Å². The van der Waals surface area contributed by atoms with Crippen molar-refractivity contribution in [1.29, 1.82) is 0 Å². The minimum Gasteiger partial charge on any atom is -0.260 e. The molecule has 0 aliphatic heterocycles. The average Bonchev–Trinajstić information content (AvgIpc) is 2.70. The standard InChI is InChI=1S/C11H16N2O2S/c1-9-6-7-11(8-12-9)16(14,15)13-10-4-2-3-5-10/h6-8,10,13H,2-5H2,1H3. The van der Waals surface area contributed by atoms with E-state index in [0.717, 1.165) is 31.4 Å².